The number of allylic oxidation sites excluding steroid dienone is 1. The lowest BCUT2D eigenvalue weighted by molar-refractivity contribution is -0.136. The van der Waals surface area contributed by atoms with Gasteiger partial charge < -0.3 is 5.11 Å². The highest BCUT2D eigenvalue weighted by Crippen LogP contribution is 2.13. The molecule has 1 rings (SSSR count). The molecule has 0 bridgehead atoms. The van der Waals surface area contributed by atoms with E-state index in [-0.39, 0.29) is 19.3 Å². The predicted molar refractivity (Wildman–Crippen MR) is 61.6 cm³/mol. The standard InChI is InChI=1S/C13H12FNO2/c14-12-9-10(3-1-2-8-15)4-5-11(12)6-7-13(16)17/h1,3-5,9H,2,6-7H2,(H,16,17). The van der Waals surface area contributed by atoms with E-state index in [1.807, 2.05) is 6.07 Å². The SMILES string of the molecule is N#CCC=Cc1ccc(CCC(=O)O)c(F)c1. The number of aliphatic carboxylic acids is 1. The van der Waals surface area contributed by atoms with Crippen LogP contribution in [0.3, 0.4) is 0 Å². The van der Waals surface area contributed by atoms with Crippen molar-refractivity contribution in [2.24, 2.45) is 0 Å². The molecule has 17 heavy (non-hydrogen) atoms. The summed E-state index contributed by atoms with van der Waals surface area (Å²) in [4.78, 5) is 10.4. The van der Waals surface area contributed by atoms with E-state index in [0.717, 1.165) is 0 Å². The van der Waals surface area contributed by atoms with Crippen LogP contribution in [-0.4, -0.2) is 11.1 Å². The van der Waals surface area contributed by atoms with Crippen LogP contribution in [0.2, 0.25) is 0 Å². The Bertz CT molecular complexity index is 475. The van der Waals surface area contributed by atoms with Crippen LogP contribution >= 0.6 is 0 Å². The summed E-state index contributed by atoms with van der Waals surface area (Å²) in [5.74, 6) is -1.35. The Morgan fingerprint density at radius 3 is 2.88 bits per heavy atom. The fourth-order valence-electron chi connectivity index (χ4n) is 1.36. The van der Waals surface area contributed by atoms with Gasteiger partial charge >= 0.3 is 5.97 Å². The lowest BCUT2D eigenvalue weighted by Crippen LogP contribution is -1.99. The van der Waals surface area contributed by atoms with Gasteiger partial charge in [-0.1, -0.05) is 24.3 Å². The summed E-state index contributed by atoms with van der Waals surface area (Å²) in [5, 5.41) is 16.8. The van der Waals surface area contributed by atoms with E-state index in [0.29, 0.717) is 11.1 Å². The van der Waals surface area contributed by atoms with E-state index in [2.05, 4.69) is 0 Å². The Morgan fingerprint density at radius 1 is 1.53 bits per heavy atom. The average Bonchev–Trinajstić information content (AvgIpc) is 2.28. The van der Waals surface area contributed by atoms with Gasteiger partial charge in [-0.05, 0) is 23.6 Å². The molecule has 0 aliphatic heterocycles. The molecule has 0 aromatic heterocycles. The predicted octanol–water partition coefficient (Wildman–Crippen LogP) is 2.77. The summed E-state index contributed by atoms with van der Waals surface area (Å²) >= 11 is 0. The third-order valence-corrected chi connectivity index (χ3v) is 2.20. The van der Waals surface area contributed by atoms with E-state index in [4.69, 9.17) is 10.4 Å². The first kappa shape index (κ1) is 12.9. The van der Waals surface area contributed by atoms with Gasteiger partial charge in [0.1, 0.15) is 5.82 Å². The minimum atomic E-state index is -0.942. The third-order valence-electron chi connectivity index (χ3n) is 2.20. The van der Waals surface area contributed by atoms with Crippen LogP contribution < -0.4 is 0 Å². The van der Waals surface area contributed by atoms with Gasteiger partial charge in [0.05, 0.1) is 12.5 Å². The molecule has 0 amide bonds. The van der Waals surface area contributed by atoms with Gasteiger partial charge in [0.15, 0.2) is 0 Å². The fourth-order valence-corrected chi connectivity index (χ4v) is 1.36. The molecular weight excluding hydrogens is 221 g/mol. The number of hydrogen-bond donors (Lipinski definition) is 1. The van der Waals surface area contributed by atoms with Crippen molar-refractivity contribution in [2.75, 3.05) is 0 Å². The second-order valence-corrected chi connectivity index (χ2v) is 3.51. The number of carbonyl (C=O) groups is 1. The number of carboxylic acid groups (broad SMARTS) is 1. The Morgan fingerprint density at radius 2 is 2.29 bits per heavy atom. The van der Waals surface area contributed by atoms with E-state index < -0.39 is 11.8 Å². The lowest BCUT2D eigenvalue weighted by Gasteiger charge is -2.02. The number of hydrogen-bond acceptors (Lipinski definition) is 2. The molecule has 0 radical (unpaired) electrons. The molecule has 0 aliphatic carbocycles. The van der Waals surface area contributed by atoms with Gasteiger partial charge in [-0.2, -0.15) is 5.26 Å². The maximum absolute atomic E-state index is 13.5. The zero-order chi connectivity index (χ0) is 12.7. The summed E-state index contributed by atoms with van der Waals surface area (Å²) in [6.45, 7) is 0. The normalized spacial score (nSPS) is 10.4. The van der Waals surface area contributed by atoms with Gasteiger partial charge in [-0.3, -0.25) is 4.79 Å². The van der Waals surface area contributed by atoms with Crippen molar-refractivity contribution in [1.29, 1.82) is 5.26 Å². The van der Waals surface area contributed by atoms with E-state index in [1.165, 1.54) is 6.07 Å². The van der Waals surface area contributed by atoms with Crippen LogP contribution in [0.5, 0.6) is 0 Å². The molecule has 4 heteroatoms. The summed E-state index contributed by atoms with van der Waals surface area (Å²) in [5.41, 5.74) is 1.06. The van der Waals surface area contributed by atoms with Crippen molar-refractivity contribution in [3.63, 3.8) is 0 Å². The Labute approximate surface area is 98.8 Å². The smallest absolute Gasteiger partial charge is 0.303 e. The van der Waals surface area contributed by atoms with Crippen LogP contribution in [-0.2, 0) is 11.2 Å². The van der Waals surface area contributed by atoms with Crippen molar-refractivity contribution in [1.82, 2.24) is 0 Å². The molecule has 3 nitrogen and oxygen atoms in total. The first-order chi connectivity index (χ1) is 8.13. The highest BCUT2D eigenvalue weighted by molar-refractivity contribution is 5.67. The molecule has 0 atom stereocenters. The second kappa shape index (κ2) is 6.44. The van der Waals surface area contributed by atoms with Crippen LogP contribution in [0.15, 0.2) is 24.3 Å². The van der Waals surface area contributed by atoms with Gasteiger partial charge in [0.2, 0.25) is 0 Å². The summed E-state index contributed by atoms with van der Waals surface area (Å²) in [7, 11) is 0. The van der Waals surface area contributed by atoms with Crippen LogP contribution in [0, 0.1) is 17.1 Å². The molecule has 0 fully saturated rings. The molecule has 0 aliphatic rings. The van der Waals surface area contributed by atoms with Gasteiger partial charge in [-0.15, -0.1) is 0 Å². The Balaban J connectivity index is 2.72. The average molecular weight is 233 g/mol. The monoisotopic (exact) mass is 233 g/mol. The minimum Gasteiger partial charge on any atom is -0.481 e. The lowest BCUT2D eigenvalue weighted by atomic mass is 10.1. The van der Waals surface area contributed by atoms with Gasteiger partial charge in [0.25, 0.3) is 0 Å². The highest BCUT2D eigenvalue weighted by Gasteiger charge is 2.05. The number of nitrogens with zero attached hydrogens (tertiary/aromatic N) is 1. The number of nitriles is 1. The van der Waals surface area contributed by atoms with Crippen LogP contribution in [0.25, 0.3) is 6.08 Å². The van der Waals surface area contributed by atoms with Crippen LogP contribution in [0.4, 0.5) is 4.39 Å². The molecule has 1 N–H and O–H groups in total. The zero-order valence-corrected chi connectivity index (χ0v) is 9.19. The molecule has 0 saturated carbocycles. The molecule has 0 saturated heterocycles. The number of benzene rings is 1. The molecular formula is C13H12FNO2. The zero-order valence-electron chi connectivity index (χ0n) is 9.19. The summed E-state index contributed by atoms with van der Waals surface area (Å²) in [6.07, 6.45) is 3.69. The highest BCUT2D eigenvalue weighted by atomic mass is 19.1. The molecule has 1 aromatic rings. The molecule has 0 unspecified atom stereocenters. The molecule has 0 heterocycles. The Hall–Kier alpha value is -2.15. The van der Waals surface area contributed by atoms with Crippen LogP contribution in [0.1, 0.15) is 24.0 Å². The van der Waals surface area contributed by atoms with E-state index >= 15 is 0 Å². The number of halogens is 1. The first-order valence-corrected chi connectivity index (χ1v) is 5.17. The van der Waals surface area contributed by atoms with Crippen molar-refractivity contribution in [3.05, 3.63) is 41.2 Å². The number of rotatable bonds is 5. The van der Waals surface area contributed by atoms with Crippen molar-refractivity contribution in [3.8, 4) is 6.07 Å². The number of aryl methyl sites for hydroxylation is 1. The van der Waals surface area contributed by atoms with Crippen molar-refractivity contribution < 1.29 is 14.3 Å². The quantitative estimate of drug-likeness (QED) is 0.850. The number of carboxylic acids is 1. The van der Waals surface area contributed by atoms with Gasteiger partial charge in [-0.25, -0.2) is 4.39 Å². The maximum atomic E-state index is 13.5. The maximum Gasteiger partial charge on any atom is 0.303 e. The van der Waals surface area contributed by atoms with Crippen molar-refractivity contribution >= 4 is 12.0 Å². The molecule has 1 aromatic carbocycles. The van der Waals surface area contributed by atoms with Gasteiger partial charge in [0, 0.05) is 6.42 Å². The largest absolute Gasteiger partial charge is 0.481 e. The Kier molecular flexibility index (Phi) is 4.89. The topological polar surface area (TPSA) is 61.1 Å². The molecule has 88 valence electrons. The fraction of sp³-hybridized carbons (Fsp3) is 0.231. The van der Waals surface area contributed by atoms with Crippen molar-refractivity contribution in [2.45, 2.75) is 19.3 Å². The third kappa shape index (κ3) is 4.47. The molecule has 0 spiro atoms. The van der Waals surface area contributed by atoms with E-state index in [1.54, 1.807) is 24.3 Å². The second-order valence-electron chi connectivity index (χ2n) is 3.51. The summed E-state index contributed by atoms with van der Waals surface area (Å²) in [6, 6.07) is 6.57. The summed E-state index contributed by atoms with van der Waals surface area (Å²) < 4.78 is 13.5. The van der Waals surface area contributed by atoms with E-state index in [9.17, 15) is 9.18 Å². The first-order valence-electron chi connectivity index (χ1n) is 5.17. The minimum absolute atomic E-state index is 0.0828.